The van der Waals surface area contributed by atoms with E-state index in [1.165, 1.54) is 0 Å². The fraction of sp³-hybridized carbons (Fsp3) is 0.550. The van der Waals surface area contributed by atoms with E-state index in [1.807, 2.05) is 61.7 Å². The van der Waals surface area contributed by atoms with E-state index in [0.29, 0.717) is 24.7 Å². The lowest BCUT2D eigenvalue weighted by atomic mass is 10.3. The van der Waals surface area contributed by atoms with E-state index in [2.05, 4.69) is 15.5 Å². The van der Waals surface area contributed by atoms with Crippen molar-refractivity contribution in [3.05, 3.63) is 40.9 Å². The molecule has 29 heavy (non-hydrogen) atoms. The number of benzene rings is 1. The summed E-state index contributed by atoms with van der Waals surface area (Å²) in [6.07, 6.45) is 0.908. The first-order valence-electron chi connectivity index (χ1n) is 9.81. The van der Waals surface area contributed by atoms with Crippen molar-refractivity contribution in [2.75, 3.05) is 40.0 Å². The smallest absolute Gasteiger partial charge is 0.194 e. The second kappa shape index (κ2) is 12.3. The zero-order valence-corrected chi connectivity index (χ0v) is 18.4. The molecule has 0 radical (unpaired) electrons. The van der Waals surface area contributed by atoms with Crippen molar-refractivity contribution >= 4 is 17.6 Å². The second-order valence-corrected chi connectivity index (χ2v) is 7.00. The third kappa shape index (κ3) is 7.91. The maximum Gasteiger partial charge on any atom is 0.194 e. The number of aliphatic imine (C=N–C) groups is 1. The molecule has 1 N–H and O–H groups in total. The fourth-order valence-electron chi connectivity index (χ4n) is 2.50. The predicted molar refractivity (Wildman–Crippen MR) is 116 cm³/mol. The molecular weight excluding hydrogens is 392 g/mol. The molecule has 8 nitrogen and oxygen atoms in total. The van der Waals surface area contributed by atoms with Crippen molar-refractivity contribution in [1.82, 2.24) is 25.0 Å². The summed E-state index contributed by atoms with van der Waals surface area (Å²) in [6, 6.07) is 7.35. The monoisotopic (exact) mass is 422 g/mol. The van der Waals surface area contributed by atoms with Crippen LogP contribution in [0.3, 0.4) is 0 Å². The van der Waals surface area contributed by atoms with Crippen LogP contribution in [0.5, 0.6) is 5.75 Å². The van der Waals surface area contributed by atoms with Gasteiger partial charge in [-0.2, -0.15) is 0 Å². The van der Waals surface area contributed by atoms with Gasteiger partial charge in [-0.05, 0) is 44.5 Å². The molecule has 1 aromatic carbocycles. The Labute approximate surface area is 177 Å². The van der Waals surface area contributed by atoms with Gasteiger partial charge in [0.25, 0.3) is 0 Å². The fourth-order valence-corrected chi connectivity index (χ4v) is 2.63. The Bertz CT molecular complexity index is 763. The van der Waals surface area contributed by atoms with Crippen molar-refractivity contribution in [3.63, 3.8) is 0 Å². The predicted octanol–water partition coefficient (Wildman–Crippen LogP) is 2.66. The summed E-state index contributed by atoms with van der Waals surface area (Å²) in [5.41, 5.74) is 0. The van der Waals surface area contributed by atoms with Crippen LogP contribution in [0.2, 0.25) is 5.02 Å². The molecule has 2 aromatic rings. The third-order valence-corrected chi connectivity index (χ3v) is 4.63. The van der Waals surface area contributed by atoms with Crippen LogP contribution in [-0.4, -0.2) is 65.6 Å². The van der Waals surface area contributed by atoms with E-state index >= 15 is 0 Å². The standard InChI is InChI=1S/C20H31ClN6O2/c1-5-28-13-6-11-22-20(23-15-19-25-24-16(2)27(19)4)26(3)12-14-29-18-9-7-17(21)8-10-18/h7-10H,5-6,11-15H2,1-4H3,(H,22,23). The minimum atomic E-state index is 0.452. The highest BCUT2D eigenvalue weighted by Gasteiger charge is 2.09. The number of ether oxygens (including phenoxy) is 2. The molecular formula is C20H31ClN6O2. The molecule has 1 aromatic heterocycles. The Hall–Kier alpha value is -2.32. The summed E-state index contributed by atoms with van der Waals surface area (Å²) >= 11 is 5.91. The van der Waals surface area contributed by atoms with Crippen LogP contribution in [0.4, 0.5) is 0 Å². The van der Waals surface area contributed by atoms with Crippen LogP contribution < -0.4 is 10.1 Å². The minimum absolute atomic E-state index is 0.452. The van der Waals surface area contributed by atoms with Crippen molar-refractivity contribution in [1.29, 1.82) is 0 Å². The number of aromatic nitrogens is 3. The average molecular weight is 423 g/mol. The van der Waals surface area contributed by atoms with E-state index in [0.717, 1.165) is 49.5 Å². The molecule has 0 spiro atoms. The summed E-state index contributed by atoms with van der Waals surface area (Å²) in [6.45, 7) is 7.81. The molecule has 1 heterocycles. The van der Waals surface area contributed by atoms with Gasteiger partial charge in [-0.25, -0.2) is 4.99 Å². The van der Waals surface area contributed by atoms with Crippen LogP contribution >= 0.6 is 11.6 Å². The molecule has 0 saturated carbocycles. The molecule has 0 aliphatic carbocycles. The van der Waals surface area contributed by atoms with Gasteiger partial charge >= 0.3 is 0 Å². The third-order valence-electron chi connectivity index (χ3n) is 4.38. The number of hydrogen-bond acceptors (Lipinski definition) is 5. The second-order valence-electron chi connectivity index (χ2n) is 6.56. The number of nitrogens with zero attached hydrogens (tertiary/aromatic N) is 5. The number of aryl methyl sites for hydroxylation is 1. The molecule has 2 rings (SSSR count). The SMILES string of the molecule is CCOCCCNC(=NCc1nnc(C)n1C)N(C)CCOc1ccc(Cl)cc1. The molecule has 0 atom stereocenters. The number of likely N-dealkylation sites (N-methyl/N-ethyl adjacent to an activating group) is 1. The topological polar surface area (TPSA) is 76.8 Å². The van der Waals surface area contributed by atoms with Crippen LogP contribution in [0.15, 0.2) is 29.3 Å². The lowest BCUT2D eigenvalue weighted by Crippen LogP contribution is -2.41. The Morgan fingerprint density at radius 3 is 2.66 bits per heavy atom. The zero-order chi connectivity index (χ0) is 21.1. The molecule has 0 fully saturated rings. The molecule has 160 valence electrons. The minimum Gasteiger partial charge on any atom is -0.492 e. The highest BCUT2D eigenvalue weighted by Crippen LogP contribution is 2.15. The van der Waals surface area contributed by atoms with Crippen LogP contribution in [-0.2, 0) is 18.3 Å². The largest absolute Gasteiger partial charge is 0.492 e. The summed E-state index contributed by atoms with van der Waals surface area (Å²) in [4.78, 5) is 6.76. The number of guanidine groups is 1. The quantitative estimate of drug-likeness (QED) is 0.341. The van der Waals surface area contributed by atoms with Crippen molar-refractivity contribution in [3.8, 4) is 5.75 Å². The average Bonchev–Trinajstić information content (AvgIpc) is 3.03. The number of rotatable bonds is 11. The Morgan fingerprint density at radius 2 is 2.00 bits per heavy atom. The Morgan fingerprint density at radius 1 is 1.24 bits per heavy atom. The summed E-state index contributed by atoms with van der Waals surface area (Å²) in [5.74, 6) is 3.27. The van der Waals surface area contributed by atoms with E-state index in [1.54, 1.807) is 0 Å². The Kier molecular flexibility index (Phi) is 9.73. The normalized spacial score (nSPS) is 11.6. The number of nitrogens with one attached hydrogen (secondary N) is 1. The van der Waals surface area contributed by atoms with Crippen molar-refractivity contribution in [2.24, 2.45) is 12.0 Å². The van der Waals surface area contributed by atoms with Gasteiger partial charge in [-0.15, -0.1) is 10.2 Å². The van der Waals surface area contributed by atoms with Crippen LogP contribution in [0, 0.1) is 6.92 Å². The lowest BCUT2D eigenvalue weighted by molar-refractivity contribution is 0.145. The van der Waals surface area contributed by atoms with Gasteiger partial charge in [-0.3, -0.25) is 0 Å². The van der Waals surface area contributed by atoms with Gasteiger partial charge in [0.1, 0.15) is 24.7 Å². The lowest BCUT2D eigenvalue weighted by Gasteiger charge is -2.22. The van der Waals surface area contributed by atoms with Gasteiger partial charge < -0.3 is 24.3 Å². The van der Waals surface area contributed by atoms with Crippen LogP contribution in [0.1, 0.15) is 25.0 Å². The first-order valence-corrected chi connectivity index (χ1v) is 10.2. The highest BCUT2D eigenvalue weighted by molar-refractivity contribution is 6.30. The number of halogens is 1. The summed E-state index contributed by atoms with van der Waals surface area (Å²) in [5, 5.41) is 12.4. The van der Waals surface area contributed by atoms with Crippen molar-refractivity contribution < 1.29 is 9.47 Å². The van der Waals surface area contributed by atoms with Gasteiger partial charge in [0.05, 0.1) is 6.54 Å². The van der Waals surface area contributed by atoms with Gasteiger partial charge in [0.15, 0.2) is 11.8 Å². The van der Waals surface area contributed by atoms with E-state index in [-0.39, 0.29) is 0 Å². The number of hydrogen-bond donors (Lipinski definition) is 1. The van der Waals surface area contributed by atoms with Gasteiger partial charge in [-0.1, -0.05) is 11.6 Å². The molecule has 0 saturated heterocycles. The molecule has 0 aliphatic heterocycles. The zero-order valence-electron chi connectivity index (χ0n) is 17.7. The van der Waals surface area contributed by atoms with Crippen LogP contribution in [0.25, 0.3) is 0 Å². The van der Waals surface area contributed by atoms with E-state index in [4.69, 9.17) is 26.1 Å². The summed E-state index contributed by atoms with van der Waals surface area (Å²) < 4.78 is 13.1. The Balaban J connectivity index is 1.91. The first kappa shape index (κ1) is 23.0. The van der Waals surface area contributed by atoms with E-state index in [9.17, 15) is 0 Å². The van der Waals surface area contributed by atoms with Gasteiger partial charge in [0, 0.05) is 38.9 Å². The summed E-state index contributed by atoms with van der Waals surface area (Å²) in [7, 11) is 3.93. The first-order chi connectivity index (χ1) is 14.0. The molecule has 0 unspecified atom stereocenters. The molecule has 9 heteroatoms. The highest BCUT2D eigenvalue weighted by atomic mass is 35.5. The van der Waals surface area contributed by atoms with Gasteiger partial charge in [0.2, 0.25) is 0 Å². The molecule has 0 bridgehead atoms. The van der Waals surface area contributed by atoms with Crippen molar-refractivity contribution in [2.45, 2.75) is 26.8 Å². The molecule has 0 amide bonds. The maximum absolute atomic E-state index is 5.91. The maximum atomic E-state index is 5.91. The molecule has 0 aliphatic rings. The van der Waals surface area contributed by atoms with E-state index < -0.39 is 0 Å².